The molecule has 0 saturated carbocycles. The van der Waals surface area contributed by atoms with Gasteiger partial charge in [0.15, 0.2) is 0 Å². The Balaban J connectivity index is 1.91. The van der Waals surface area contributed by atoms with Crippen LogP contribution < -0.4 is 5.32 Å². The average molecular weight is 259 g/mol. The SMILES string of the molecule is CN(Cc1ccc(Cl)s1)C(=O)[C@H]1CCCN1. The molecule has 88 valence electrons. The van der Waals surface area contributed by atoms with Crippen molar-refractivity contribution in [3.05, 3.63) is 21.3 Å². The normalized spacial score (nSPS) is 20.0. The van der Waals surface area contributed by atoms with Crippen molar-refractivity contribution in [1.29, 1.82) is 0 Å². The molecule has 1 aliphatic heterocycles. The van der Waals surface area contributed by atoms with Crippen LogP contribution in [-0.4, -0.2) is 30.4 Å². The zero-order valence-electron chi connectivity index (χ0n) is 9.20. The highest BCUT2D eigenvalue weighted by molar-refractivity contribution is 7.16. The number of carbonyl (C=O) groups excluding carboxylic acids is 1. The Kier molecular flexibility index (Phi) is 3.84. The lowest BCUT2D eigenvalue weighted by atomic mass is 10.2. The number of nitrogens with one attached hydrogen (secondary N) is 1. The molecule has 0 radical (unpaired) electrons. The summed E-state index contributed by atoms with van der Waals surface area (Å²) < 4.78 is 0.773. The number of nitrogens with zero attached hydrogens (tertiary/aromatic N) is 1. The van der Waals surface area contributed by atoms with Gasteiger partial charge in [-0.2, -0.15) is 0 Å². The number of hydrogen-bond donors (Lipinski definition) is 1. The van der Waals surface area contributed by atoms with Gasteiger partial charge in [0.25, 0.3) is 0 Å². The largest absolute Gasteiger partial charge is 0.339 e. The van der Waals surface area contributed by atoms with E-state index in [4.69, 9.17) is 11.6 Å². The van der Waals surface area contributed by atoms with Gasteiger partial charge in [-0.1, -0.05) is 11.6 Å². The summed E-state index contributed by atoms with van der Waals surface area (Å²) in [5, 5.41) is 3.21. The van der Waals surface area contributed by atoms with E-state index in [1.165, 1.54) is 11.3 Å². The van der Waals surface area contributed by atoms with Gasteiger partial charge in [-0.25, -0.2) is 0 Å². The Morgan fingerprint density at radius 1 is 1.69 bits per heavy atom. The average Bonchev–Trinajstić information content (AvgIpc) is 2.88. The van der Waals surface area contributed by atoms with Crippen molar-refractivity contribution in [2.45, 2.75) is 25.4 Å². The van der Waals surface area contributed by atoms with Crippen LogP contribution in [-0.2, 0) is 11.3 Å². The minimum atomic E-state index is 0.0143. The van der Waals surface area contributed by atoms with E-state index in [0.29, 0.717) is 6.54 Å². The summed E-state index contributed by atoms with van der Waals surface area (Å²) in [7, 11) is 1.84. The standard InChI is InChI=1S/C11H15ClN2OS/c1-14(7-8-4-5-10(12)16-8)11(15)9-3-2-6-13-9/h4-5,9,13H,2-3,6-7H2,1H3/t9-/m1/s1. The molecule has 1 aliphatic rings. The number of halogens is 1. The lowest BCUT2D eigenvalue weighted by Crippen LogP contribution is -2.41. The minimum absolute atomic E-state index is 0.0143. The smallest absolute Gasteiger partial charge is 0.239 e. The van der Waals surface area contributed by atoms with Gasteiger partial charge in [-0.3, -0.25) is 4.79 Å². The van der Waals surface area contributed by atoms with E-state index in [0.717, 1.165) is 28.6 Å². The summed E-state index contributed by atoms with van der Waals surface area (Å²) >= 11 is 7.38. The zero-order chi connectivity index (χ0) is 11.5. The molecule has 1 fully saturated rings. The van der Waals surface area contributed by atoms with Gasteiger partial charge in [-0.05, 0) is 31.5 Å². The van der Waals surface area contributed by atoms with E-state index in [1.54, 1.807) is 4.90 Å². The molecule has 1 atom stereocenters. The highest BCUT2D eigenvalue weighted by Crippen LogP contribution is 2.22. The summed E-state index contributed by atoms with van der Waals surface area (Å²) in [5.41, 5.74) is 0. The first-order valence-electron chi connectivity index (χ1n) is 5.39. The molecule has 0 aromatic carbocycles. The third kappa shape index (κ3) is 2.75. The van der Waals surface area contributed by atoms with E-state index in [9.17, 15) is 4.79 Å². The van der Waals surface area contributed by atoms with Crippen LogP contribution in [0.1, 0.15) is 17.7 Å². The van der Waals surface area contributed by atoms with Crippen molar-refractivity contribution >= 4 is 28.8 Å². The van der Waals surface area contributed by atoms with Crippen LogP contribution in [0.25, 0.3) is 0 Å². The molecule has 2 rings (SSSR count). The third-order valence-electron chi connectivity index (χ3n) is 2.76. The molecule has 5 heteroatoms. The van der Waals surface area contributed by atoms with Crippen LogP contribution in [0.5, 0.6) is 0 Å². The van der Waals surface area contributed by atoms with Crippen molar-refractivity contribution in [3.63, 3.8) is 0 Å². The second-order valence-corrected chi connectivity index (χ2v) is 5.85. The van der Waals surface area contributed by atoms with Crippen LogP contribution in [0.3, 0.4) is 0 Å². The van der Waals surface area contributed by atoms with Gasteiger partial charge in [0.2, 0.25) is 5.91 Å². The van der Waals surface area contributed by atoms with Gasteiger partial charge >= 0.3 is 0 Å². The van der Waals surface area contributed by atoms with E-state index < -0.39 is 0 Å². The Morgan fingerprint density at radius 3 is 3.06 bits per heavy atom. The summed E-state index contributed by atoms with van der Waals surface area (Å²) in [5.74, 6) is 0.182. The maximum Gasteiger partial charge on any atom is 0.239 e. The molecule has 2 heterocycles. The molecular formula is C11H15ClN2OS. The highest BCUT2D eigenvalue weighted by atomic mass is 35.5. The lowest BCUT2D eigenvalue weighted by molar-refractivity contribution is -0.132. The van der Waals surface area contributed by atoms with Gasteiger partial charge in [0, 0.05) is 11.9 Å². The number of rotatable bonds is 3. The maximum absolute atomic E-state index is 12.0. The van der Waals surface area contributed by atoms with Crippen LogP contribution in [0.2, 0.25) is 4.34 Å². The number of carbonyl (C=O) groups is 1. The number of thiophene rings is 1. The fraction of sp³-hybridized carbons (Fsp3) is 0.545. The Morgan fingerprint density at radius 2 is 2.50 bits per heavy atom. The fourth-order valence-electron chi connectivity index (χ4n) is 1.91. The molecule has 0 spiro atoms. The summed E-state index contributed by atoms with van der Waals surface area (Å²) in [6.45, 7) is 1.60. The highest BCUT2D eigenvalue weighted by Gasteiger charge is 2.24. The van der Waals surface area contributed by atoms with Crippen LogP contribution in [0.15, 0.2) is 12.1 Å². The maximum atomic E-state index is 12.0. The topological polar surface area (TPSA) is 32.3 Å². The Hall–Kier alpha value is -0.580. The van der Waals surface area contributed by atoms with Crippen molar-refractivity contribution in [3.8, 4) is 0 Å². The first-order chi connectivity index (χ1) is 7.66. The molecule has 1 aromatic rings. The van der Waals surface area contributed by atoms with Gasteiger partial charge in [0.1, 0.15) is 0 Å². The Bertz CT molecular complexity index is 374. The molecule has 1 saturated heterocycles. The summed E-state index contributed by atoms with van der Waals surface area (Å²) in [4.78, 5) is 14.9. The molecule has 1 aromatic heterocycles. The van der Waals surface area contributed by atoms with E-state index >= 15 is 0 Å². The predicted molar refractivity (Wildman–Crippen MR) is 66.8 cm³/mol. The number of hydrogen-bond acceptors (Lipinski definition) is 3. The molecule has 1 amide bonds. The molecule has 1 N–H and O–H groups in total. The molecule has 0 unspecified atom stereocenters. The van der Waals surface area contributed by atoms with Gasteiger partial charge in [0.05, 0.1) is 16.9 Å². The zero-order valence-corrected chi connectivity index (χ0v) is 10.8. The monoisotopic (exact) mass is 258 g/mol. The van der Waals surface area contributed by atoms with Crippen LogP contribution >= 0.6 is 22.9 Å². The van der Waals surface area contributed by atoms with Crippen molar-refractivity contribution in [2.24, 2.45) is 0 Å². The fourth-order valence-corrected chi connectivity index (χ4v) is 3.05. The second kappa shape index (κ2) is 5.17. The lowest BCUT2D eigenvalue weighted by Gasteiger charge is -2.20. The minimum Gasteiger partial charge on any atom is -0.339 e. The van der Waals surface area contributed by atoms with Gasteiger partial charge < -0.3 is 10.2 Å². The van der Waals surface area contributed by atoms with E-state index in [-0.39, 0.29) is 11.9 Å². The van der Waals surface area contributed by atoms with Crippen LogP contribution in [0, 0.1) is 0 Å². The second-order valence-electron chi connectivity index (χ2n) is 4.05. The molecule has 3 nitrogen and oxygen atoms in total. The third-order valence-corrected chi connectivity index (χ3v) is 3.97. The number of amides is 1. The number of likely N-dealkylation sites (N-methyl/N-ethyl adjacent to an activating group) is 1. The van der Waals surface area contributed by atoms with Crippen molar-refractivity contribution < 1.29 is 4.79 Å². The molecular weight excluding hydrogens is 244 g/mol. The molecule has 16 heavy (non-hydrogen) atoms. The van der Waals surface area contributed by atoms with Crippen molar-refractivity contribution in [2.75, 3.05) is 13.6 Å². The van der Waals surface area contributed by atoms with E-state index in [2.05, 4.69) is 5.32 Å². The van der Waals surface area contributed by atoms with Gasteiger partial charge in [-0.15, -0.1) is 11.3 Å². The van der Waals surface area contributed by atoms with E-state index in [1.807, 2.05) is 19.2 Å². The summed E-state index contributed by atoms with van der Waals surface area (Å²) in [6.07, 6.45) is 2.05. The van der Waals surface area contributed by atoms with Crippen LogP contribution in [0.4, 0.5) is 0 Å². The predicted octanol–water partition coefficient (Wildman–Crippen LogP) is 2.11. The molecule has 0 aliphatic carbocycles. The first kappa shape index (κ1) is 11.9. The summed E-state index contributed by atoms with van der Waals surface area (Å²) in [6, 6.07) is 3.85. The molecule has 0 bridgehead atoms. The quantitative estimate of drug-likeness (QED) is 0.901. The Labute approximate surface area is 104 Å². The first-order valence-corrected chi connectivity index (χ1v) is 6.59. The van der Waals surface area contributed by atoms with Crippen molar-refractivity contribution in [1.82, 2.24) is 10.2 Å².